The molecule has 2 saturated heterocycles. The van der Waals surface area contributed by atoms with E-state index in [-0.39, 0.29) is 30.4 Å². The number of amides is 3. The number of ether oxygens (including phenoxy) is 2. The number of rotatable bonds is 15. The van der Waals surface area contributed by atoms with Gasteiger partial charge in [-0.2, -0.15) is 9.99 Å². The zero-order chi connectivity index (χ0) is 40.6. The van der Waals surface area contributed by atoms with Crippen molar-refractivity contribution in [1.82, 2.24) is 44.8 Å². The van der Waals surface area contributed by atoms with Gasteiger partial charge in [0.2, 0.25) is 12.3 Å². The number of likely N-dealkylation sites (tertiary alicyclic amines) is 2. The lowest BCUT2D eigenvalue weighted by Gasteiger charge is -2.28. The van der Waals surface area contributed by atoms with E-state index in [1.807, 2.05) is 12.1 Å². The highest BCUT2D eigenvalue weighted by Gasteiger charge is 2.38. The van der Waals surface area contributed by atoms with Crippen molar-refractivity contribution in [2.24, 2.45) is 4.99 Å². The normalized spacial score (nSPS) is 18.3. The zero-order valence-electron chi connectivity index (χ0n) is 32.9. The lowest BCUT2D eigenvalue weighted by atomic mass is 10.0. The van der Waals surface area contributed by atoms with E-state index in [0.29, 0.717) is 18.9 Å². The van der Waals surface area contributed by atoms with E-state index in [0.717, 1.165) is 71.6 Å². The third-order valence-electron chi connectivity index (χ3n) is 10.8. The number of carbonyl (C=O) groups is 3. The standard InChI is InChI=1S/C41H48N10O7/c1-26(55-2)36(44-25-58-57-4)40(53)51-21-6-9-35(51)38-43-23-32(47-38)30-16-12-28(13-17-30)27-10-14-29(15-11-27)31-22-42-37(46-31)34-8-5-20-50(34)39(52)33(48-41(54)56-3)24-49-19-7-18-45-49/h7,10-19,22-23,25-26,33-36H,5-6,8-9,20-21,24H2,1-4H3,(H,42,46)(H,43,47)(H,48,54)/b44-25-/t26-,33-,34+,35+,36+/m1/s1. The first-order valence-corrected chi connectivity index (χ1v) is 19.3. The molecular formula is C41H48N10O7. The van der Waals surface area contributed by atoms with Crippen LogP contribution in [-0.4, -0.2) is 116 Å². The molecule has 304 valence electrons. The van der Waals surface area contributed by atoms with Crippen LogP contribution in [0.3, 0.4) is 0 Å². The third-order valence-corrected chi connectivity index (χ3v) is 10.8. The van der Waals surface area contributed by atoms with E-state index in [9.17, 15) is 14.4 Å². The predicted octanol–water partition coefficient (Wildman–Crippen LogP) is 5.09. The van der Waals surface area contributed by atoms with Gasteiger partial charge >= 0.3 is 6.09 Å². The second-order valence-electron chi connectivity index (χ2n) is 14.2. The molecule has 3 amide bonds. The second kappa shape index (κ2) is 18.3. The van der Waals surface area contributed by atoms with E-state index in [4.69, 9.17) is 14.4 Å². The number of alkyl carbamates (subject to hydrolysis) is 1. The minimum absolute atomic E-state index is 0.163. The monoisotopic (exact) mass is 792 g/mol. The van der Waals surface area contributed by atoms with Crippen LogP contribution in [0.4, 0.5) is 4.79 Å². The molecule has 17 nitrogen and oxygen atoms in total. The van der Waals surface area contributed by atoms with Crippen LogP contribution in [-0.2, 0) is 35.4 Å². The Hall–Kier alpha value is -6.33. The summed E-state index contributed by atoms with van der Waals surface area (Å²) in [6.45, 7) is 3.11. The molecule has 0 radical (unpaired) electrons. The summed E-state index contributed by atoms with van der Waals surface area (Å²) in [5, 5.41) is 6.87. The quantitative estimate of drug-likeness (QED) is 0.0556. The van der Waals surface area contributed by atoms with Gasteiger partial charge in [0.25, 0.3) is 5.91 Å². The molecule has 2 aliphatic heterocycles. The number of aromatic nitrogens is 6. The molecule has 0 bridgehead atoms. The van der Waals surface area contributed by atoms with Gasteiger partial charge in [0, 0.05) is 32.6 Å². The first-order chi connectivity index (χ1) is 28.3. The Morgan fingerprint density at radius 1 is 0.845 bits per heavy atom. The van der Waals surface area contributed by atoms with E-state index >= 15 is 0 Å². The smallest absolute Gasteiger partial charge is 0.407 e. The molecule has 2 aromatic carbocycles. The molecule has 0 saturated carbocycles. The number of nitrogens with zero attached hydrogens (tertiary/aromatic N) is 7. The molecule has 5 heterocycles. The van der Waals surface area contributed by atoms with Crippen LogP contribution in [0.2, 0.25) is 0 Å². The summed E-state index contributed by atoms with van der Waals surface area (Å²) in [7, 11) is 4.18. The average Bonchev–Trinajstić information content (AvgIpc) is 4.11. The maximum Gasteiger partial charge on any atom is 0.407 e. The molecule has 0 unspecified atom stereocenters. The average molecular weight is 793 g/mol. The highest BCUT2D eigenvalue weighted by molar-refractivity contribution is 5.86. The fourth-order valence-corrected chi connectivity index (χ4v) is 7.62. The summed E-state index contributed by atoms with van der Waals surface area (Å²) < 4.78 is 11.8. The number of H-pyrrole nitrogens is 2. The largest absolute Gasteiger partial charge is 0.453 e. The first kappa shape index (κ1) is 39.9. The molecule has 58 heavy (non-hydrogen) atoms. The molecule has 5 aromatic rings. The van der Waals surface area contributed by atoms with E-state index in [1.165, 1.54) is 14.2 Å². The molecule has 5 atom stereocenters. The van der Waals surface area contributed by atoms with Gasteiger partial charge < -0.3 is 39.4 Å². The molecular weight excluding hydrogens is 745 g/mol. The molecule has 2 aliphatic rings. The van der Waals surface area contributed by atoms with Crippen LogP contribution in [0.25, 0.3) is 33.6 Å². The van der Waals surface area contributed by atoms with Crippen molar-refractivity contribution < 1.29 is 33.6 Å². The molecule has 0 aliphatic carbocycles. The number of imidazole rings is 2. The Morgan fingerprint density at radius 3 is 1.90 bits per heavy atom. The van der Waals surface area contributed by atoms with Gasteiger partial charge in [-0.25, -0.2) is 19.8 Å². The Kier molecular flexibility index (Phi) is 12.6. The number of hydrogen-bond acceptors (Lipinski definition) is 11. The SMILES string of the molecule is COO/C=N\[C@H](C(=O)N1CCC[C@H]1c1ncc(-c2ccc(-c3ccc(-c4cnc([C@@H]5CCCN5C(=O)[C@@H](Cn5cccn5)NC(=O)OC)[nH]4)cc3)cc2)[nH]1)[C@@H](C)OC. The van der Waals surface area contributed by atoms with Gasteiger partial charge in [-0.15, -0.1) is 0 Å². The van der Waals surface area contributed by atoms with Crippen molar-refractivity contribution in [3.8, 4) is 33.6 Å². The molecule has 2 fully saturated rings. The molecule has 7 rings (SSSR count). The summed E-state index contributed by atoms with van der Waals surface area (Å²) in [4.78, 5) is 73.0. The summed E-state index contributed by atoms with van der Waals surface area (Å²) in [5.41, 5.74) is 5.73. The summed E-state index contributed by atoms with van der Waals surface area (Å²) in [6, 6.07) is 16.1. The van der Waals surface area contributed by atoms with Crippen LogP contribution < -0.4 is 5.32 Å². The number of carbonyl (C=O) groups excluding carboxylic acids is 3. The molecule has 3 aromatic heterocycles. The second-order valence-corrected chi connectivity index (χ2v) is 14.2. The van der Waals surface area contributed by atoms with Crippen LogP contribution in [0.5, 0.6) is 0 Å². The van der Waals surface area contributed by atoms with Crippen LogP contribution in [0, 0.1) is 0 Å². The zero-order valence-corrected chi connectivity index (χ0v) is 32.9. The van der Waals surface area contributed by atoms with Crippen molar-refractivity contribution in [2.45, 2.75) is 69.4 Å². The number of hydrogen-bond donors (Lipinski definition) is 3. The summed E-state index contributed by atoms with van der Waals surface area (Å²) in [6.07, 6.45) is 10.1. The fraction of sp³-hybridized carbons (Fsp3) is 0.390. The maximum atomic E-state index is 13.8. The van der Waals surface area contributed by atoms with Gasteiger partial charge in [0.15, 0.2) is 6.04 Å². The highest BCUT2D eigenvalue weighted by atomic mass is 17.2. The predicted molar refractivity (Wildman–Crippen MR) is 213 cm³/mol. The van der Waals surface area contributed by atoms with Gasteiger partial charge in [-0.05, 0) is 60.9 Å². The van der Waals surface area contributed by atoms with Crippen molar-refractivity contribution in [3.05, 3.63) is 91.0 Å². The molecule has 17 heteroatoms. The maximum absolute atomic E-state index is 13.8. The van der Waals surface area contributed by atoms with Crippen molar-refractivity contribution in [3.63, 3.8) is 0 Å². The lowest BCUT2D eigenvalue weighted by Crippen LogP contribution is -2.50. The van der Waals surface area contributed by atoms with Gasteiger partial charge in [0.1, 0.15) is 17.7 Å². The molecule has 0 spiro atoms. The van der Waals surface area contributed by atoms with E-state index in [2.05, 4.69) is 76.6 Å². The van der Waals surface area contributed by atoms with Gasteiger partial charge in [0.05, 0.1) is 62.7 Å². The first-order valence-electron chi connectivity index (χ1n) is 19.3. The van der Waals surface area contributed by atoms with Crippen LogP contribution in [0.15, 0.2) is 84.4 Å². The lowest BCUT2D eigenvalue weighted by molar-refractivity contribution is -0.188. The number of aliphatic imine (C=N–C) groups is 1. The molecule has 3 N–H and O–H groups in total. The fourth-order valence-electron chi connectivity index (χ4n) is 7.62. The van der Waals surface area contributed by atoms with E-state index in [1.54, 1.807) is 59.4 Å². The van der Waals surface area contributed by atoms with Crippen LogP contribution in [0.1, 0.15) is 56.3 Å². The van der Waals surface area contributed by atoms with Gasteiger partial charge in [-0.3, -0.25) is 14.3 Å². The number of benzene rings is 2. The Balaban J connectivity index is 0.998. The number of methoxy groups -OCH3 is 2. The summed E-state index contributed by atoms with van der Waals surface area (Å²) >= 11 is 0. The summed E-state index contributed by atoms with van der Waals surface area (Å²) in [5.74, 6) is 1.03. The highest BCUT2D eigenvalue weighted by Crippen LogP contribution is 2.35. The van der Waals surface area contributed by atoms with Crippen LogP contribution >= 0.6 is 0 Å². The minimum Gasteiger partial charge on any atom is -0.453 e. The van der Waals surface area contributed by atoms with Gasteiger partial charge in [-0.1, -0.05) is 48.5 Å². The third kappa shape index (κ3) is 8.79. The number of aromatic amines is 2. The van der Waals surface area contributed by atoms with Crippen molar-refractivity contribution in [1.29, 1.82) is 0 Å². The Morgan fingerprint density at radius 2 is 1.40 bits per heavy atom. The van der Waals surface area contributed by atoms with E-state index < -0.39 is 24.3 Å². The van der Waals surface area contributed by atoms with Crippen molar-refractivity contribution in [2.75, 3.05) is 34.4 Å². The Bertz CT molecular complexity index is 2170. The minimum atomic E-state index is -0.853. The topological polar surface area (TPSA) is 194 Å². The Labute approximate surface area is 335 Å². The van der Waals surface area contributed by atoms with Crippen molar-refractivity contribution >= 4 is 24.3 Å². The number of nitrogens with one attached hydrogen (secondary N) is 3.